The van der Waals surface area contributed by atoms with Gasteiger partial charge in [-0.15, -0.1) is 0 Å². The van der Waals surface area contributed by atoms with E-state index >= 15 is 0 Å². The van der Waals surface area contributed by atoms with Crippen molar-refractivity contribution in [2.75, 3.05) is 6.54 Å². The third-order valence-corrected chi connectivity index (χ3v) is 6.36. The van der Waals surface area contributed by atoms with Gasteiger partial charge in [-0.25, -0.2) is 18.3 Å². The lowest BCUT2D eigenvalue weighted by atomic mass is 9.77. The summed E-state index contributed by atoms with van der Waals surface area (Å²) in [5.74, 6) is -4.08. The fourth-order valence-corrected chi connectivity index (χ4v) is 5.05. The van der Waals surface area contributed by atoms with Gasteiger partial charge in [0.15, 0.2) is 0 Å². The Kier molecular flexibility index (Phi) is 7.08. The SMILES string of the molecule is CC(C)c1nn(CC(=O)NC2CN(C(=O)O)C(C(C)(C)C)C(F)(F)C2)c(=O)c2ccc(Br)cc12. The van der Waals surface area contributed by atoms with Gasteiger partial charge in [-0.05, 0) is 29.5 Å². The topological polar surface area (TPSA) is 105 Å². The highest BCUT2D eigenvalue weighted by atomic mass is 79.9. The second kappa shape index (κ2) is 9.24. The summed E-state index contributed by atoms with van der Waals surface area (Å²) in [4.78, 5) is 38.1. The van der Waals surface area contributed by atoms with Crippen molar-refractivity contribution in [2.45, 2.75) is 71.5 Å². The number of nitrogens with zero attached hydrogens (tertiary/aromatic N) is 3. The normalized spacial score (nSPS) is 20.6. The largest absolute Gasteiger partial charge is 0.465 e. The van der Waals surface area contributed by atoms with E-state index in [0.29, 0.717) is 21.4 Å². The monoisotopic (exact) mass is 542 g/mol. The maximum atomic E-state index is 15.0. The number of halogens is 3. The molecule has 1 fully saturated rings. The van der Waals surface area contributed by atoms with Crippen molar-refractivity contribution >= 4 is 38.7 Å². The number of hydrogen-bond acceptors (Lipinski definition) is 4. The van der Waals surface area contributed by atoms with E-state index in [1.807, 2.05) is 13.8 Å². The van der Waals surface area contributed by atoms with E-state index in [1.54, 1.807) is 39.0 Å². The number of piperidine rings is 1. The predicted molar refractivity (Wildman–Crippen MR) is 127 cm³/mol. The highest BCUT2D eigenvalue weighted by Gasteiger charge is 2.56. The molecule has 0 spiro atoms. The number of likely N-dealkylation sites (tertiary alicyclic amines) is 1. The van der Waals surface area contributed by atoms with Crippen molar-refractivity contribution in [3.8, 4) is 0 Å². The van der Waals surface area contributed by atoms with Gasteiger partial charge in [-0.1, -0.05) is 50.5 Å². The van der Waals surface area contributed by atoms with Crippen molar-refractivity contribution in [3.05, 3.63) is 38.7 Å². The highest BCUT2D eigenvalue weighted by Crippen LogP contribution is 2.42. The number of benzene rings is 1. The number of carbonyl (C=O) groups excluding carboxylic acids is 1. The van der Waals surface area contributed by atoms with Gasteiger partial charge in [-0.3, -0.25) is 14.5 Å². The van der Waals surface area contributed by atoms with Crippen LogP contribution in [0, 0.1) is 5.41 Å². The first-order valence-electron chi connectivity index (χ1n) is 11.0. The average molecular weight is 543 g/mol. The Bertz CT molecular complexity index is 1180. The van der Waals surface area contributed by atoms with Crippen molar-refractivity contribution in [1.82, 2.24) is 20.0 Å². The van der Waals surface area contributed by atoms with E-state index in [9.17, 15) is 28.3 Å². The van der Waals surface area contributed by atoms with Crippen LogP contribution in [0.5, 0.6) is 0 Å². The van der Waals surface area contributed by atoms with Gasteiger partial charge in [0, 0.05) is 22.8 Å². The van der Waals surface area contributed by atoms with Crippen LogP contribution in [0.2, 0.25) is 0 Å². The maximum absolute atomic E-state index is 15.0. The lowest BCUT2D eigenvalue weighted by Crippen LogP contribution is -2.66. The first-order chi connectivity index (χ1) is 15.6. The van der Waals surface area contributed by atoms with E-state index in [2.05, 4.69) is 26.3 Å². The molecule has 2 heterocycles. The molecule has 2 atom stereocenters. The molecule has 0 bridgehead atoms. The molecule has 34 heavy (non-hydrogen) atoms. The molecular formula is C23H29BrF2N4O4. The lowest BCUT2D eigenvalue weighted by Gasteiger charge is -2.48. The van der Waals surface area contributed by atoms with Crippen molar-refractivity contribution in [3.63, 3.8) is 0 Å². The smallest absolute Gasteiger partial charge is 0.407 e. The number of aromatic nitrogens is 2. The minimum atomic E-state index is -3.34. The molecule has 8 nitrogen and oxygen atoms in total. The zero-order valence-electron chi connectivity index (χ0n) is 19.7. The van der Waals surface area contributed by atoms with Gasteiger partial charge < -0.3 is 10.4 Å². The minimum absolute atomic E-state index is 0.0396. The molecule has 1 aliphatic heterocycles. The Hall–Kier alpha value is -2.56. The van der Waals surface area contributed by atoms with Crippen LogP contribution in [-0.4, -0.2) is 56.3 Å². The molecule has 0 aliphatic carbocycles. The van der Waals surface area contributed by atoms with Crippen molar-refractivity contribution < 1.29 is 23.5 Å². The van der Waals surface area contributed by atoms with Gasteiger partial charge >= 0.3 is 6.09 Å². The Morgan fingerprint density at radius 2 is 1.94 bits per heavy atom. The Balaban J connectivity index is 1.86. The molecule has 2 N–H and O–H groups in total. The number of hydrogen-bond donors (Lipinski definition) is 2. The summed E-state index contributed by atoms with van der Waals surface area (Å²) in [6, 6.07) is 2.52. The number of carbonyl (C=O) groups is 2. The van der Waals surface area contributed by atoms with E-state index in [0.717, 1.165) is 9.15 Å². The molecule has 2 aromatic rings. The number of alkyl halides is 2. The minimum Gasteiger partial charge on any atom is -0.465 e. The van der Waals surface area contributed by atoms with Gasteiger partial charge in [0.2, 0.25) is 5.91 Å². The van der Waals surface area contributed by atoms with Crippen LogP contribution in [0.15, 0.2) is 27.5 Å². The summed E-state index contributed by atoms with van der Waals surface area (Å²) in [6.07, 6.45) is -2.17. The zero-order valence-corrected chi connectivity index (χ0v) is 21.3. The first-order valence-corrected chi connectivity index (χ1v) is 11.8. The molecule has 0 radical (unpaired) electrons. The number of carboxylic acid groups (broad SMARTS) is 1. The Morgan fingerprint density at radius 3 is 2.50 bits per heavy atom. The molecule has 1 aromatic heterocycles. The zero-order chi connectivity index (χ0) is 25.6. The summed E-state index contributed by atoms with van der Waals surface area (Å²) in [5, 5.41) is 17.5. The molecule has 1 saturated heterocycles. The summed E-state index contributed by atoms with van der Waals surface area (Å²) in [6.45, 7) is 7.75. The standard InChI is InChI=1S/C23H29BrF2N4O4/c1-12(2)18-16-8-13(24)6-7-15(16)19(32)30(28-18)11-17(31)27-14-9-23(25,26)20(22(3,4)5)29(10-14)21(33)34/h6-8,12,14,20H,9-11H2,1-5H3,(H,27,31)(H,33,34). The van der Waals surface area contributed by atoms with Crippen LogP contribution in [0.4, 0.5) is 13.6 Å². The second-order valence-electron chi connectivity index (χ2n) is 10.1. The third kappa shape index (κ3) is 5.24. The van der Waals surface area contributed by atoms with Crippen molar-refractivity contribution in [2.24, 2.45) is 5.41 Å². The molecule has 11 heteroatoms. The lowest BCUT2D eigenvalue weighted by molar-refractivity contribution is -0.149. The van der Waals surface area contributed by atoms with Gasteiger partial charge in [-0.2, -0.15) is 5.10 Å². The van der Waals surface area contributed by atoms with E-state index in [4.69, 9.17) is 0 Å². The Morgan fingerprint density at radius 1 is 1.29 bits per heavy atom. The van der Waals surface area contributed by atoms with Crippen LogP contribution < -0.4 is 10.9 Å². The first kappa shape index (κ1) is 26.1. The summed E-state index contributed by atoms with van der Waals surface area (Å²) < 4.78 is 31.8. The van der Waals surface area contributed by atoms with Crippen LogP contribution >= 0.6 is 15.9 Å². The molecular weight excluding hydrogens is 514 g/mol. The molecule has 186 valence electrons. The predicted octanol–water partition coefficient (Wildman–Crippen LogP) is 4.20. The Labute approximate surface area is 204 Å². The van der Waals surface area contributed by atoms with Crippen LogP contribution in [-0.2, 0) is 11.3 Å². The van der Waals surface area contributed by atoms with Crippen molar-refractivity contribution in [1.29, 1.82) is 0 Å². The van der Waals surface area contributed by atoms with E-state index in [-0.39, 0.29) is 12.5 Å². The van der Waals surface area contributed by atoms with Gasteiger partial charge in [0.05, 0.1) is 17.1 Å². The van der Waals surface area contributed by atoms with E-state index in [1.165, 1.54) is 0 Å². The molecule has 0 saturated carbocycles. The molecule has 2 amide bonds. The number of fused-ring (bicyclic) bond motifs is 1. The number of amides is 2. The highest BCUT2D eigenvalue weighted by molar-refractivity contribution is 9.10. The third-order valence-electron chi connectivity index (χ3n) is 5.87. The second-order valence-corrected chi connectivity index (χ2v) is 11.0. The van der Waals surface area contributed by atoms with Crippen LogP contribution in [0.1, 0.15) is 52.7 Å². The molecule has 1 aliphatic rings. The van der Waals surface area contributed by atoms with Crippen LogP contribution in [0.3, 0.4) is 0 Å². The molecule has 2 unspecified atom stereocenters. The van der Waals surface area contributed by atoms with E-state index < -0.39 is 53.9 Å². The van der Waals surface area contributed by atoms with Gasteiger partial charge in [0.25, 0.3) is 11.5 Å². The maximum Gasteiger partial charge on any atom is 0.407 e. The van der Waals surface area contributed by atoms with Gasteiger partial charge in [0.1, 0.15) is 12.6 Å². The molecule has 1 aromatic carbocycles. The number of rotatable bonds is 4. The average Bonchev–Trinajstić information content (AvgIpc) is 2.67. The summed E-state index contributed by atoms with van der Waals surface area (Å²) >= 11 is 3.39. The van der Waals surface area contributed by atoms with Crippen LogP contribution in [0.25, 0.3) is 10.8 Å². The summed E-state index contributed by atoms with van der Waals surface area (Å²) in [7, 11) is 0. The summed E-state index contributed by atoms with van der Waals surface area (Å²) in [5.41, 5.74) is -0.851. The fourth-order valence-electron chi connectivity index (χ4n) is 4.69. The number of nitrogens with one attached hydrogen (secondary N) is 1. The fraction of sp³-hybridized carbons (Fsp3) is 0.565. The quantitative estimate of drug-likeness (QED) is 0.602. The molecule has 3 rings (SSSR count).